The minimum absolute atomic E-state index is 0.129. The van der Waals surface area contributed by atoms with Gasteiger partial charge in [0, 0.05) is 23.4 Å². The molecule has 3 rings (SSSR count). The summed E-state index contributed by atoms with van der Waals surface area (Å²) in [7, 11) is 0. The number of halogens is 2. The van der Waals surface area contributed by atoms with Crippen LogP contribution in [0.3, 0.4) is 0 Å². The normalized spacial score (nSPS) is 11.5. The zero-order valence-corrected chi connectivity index (χ0v) is 12.3. The van der Waals surface area contributed by atoms with Gasteiger partial charge in [0.1, 0.15) is 11.6 Å². The summed E-state index contributed by atoms with van der Waals surface area (Å²) in [5.41, 5.74) is 2.90. The highest BCUT2D eigenvalue weighted by molar-refractivity contribution is 5.71. The minimum atomic E-state index is -0.691. The molecule has 0 unspecified atom stereocenters. The Hall–Kier alpha value is -2.27. The third kappa shape index (κ3) is 2.27. The molecule has 2 heterocycles. The largest absolute Gasteiger partial charge is 0.392 e. The van der Waals surface area contributed by atoms with Gasteiger partial charge < -0.3 is 5.11 Å². The summed E-state index contributed by atoms with van der Waals surface area (Å²) in [5, 5.41) is 14.2. The van der Waals surface area contributed by atoms with E-state index in [4.69, 9.17) is 0 Å². The molecular weight excluding hydrogens is 286 g/mol. The highest BCUT2D eigenvalue weighted by Crippen LogP contribution is 2.33. The summed E-state index contributed by atoms with van der Waals surface area (Å²) >= 11 is 0. The van der Waals surface area contributed by atoms with E-state index < -0.39 is 11.6 Å². The molecule has 114 valence electrons. The van der Waals surface area contributed by atoms with Crippen molar-refractivity contribution in [2.45, 2.75) is 26.4 Å². The molecule has 0 aliphatic carbocycles. The smallest absolute Gasteiger partial charge is 0.135 e. The molecule has 5 heteroatoms. The molecule has 0 bridgehead atoms. The zero-order chi connectivity index (χ0) is 15.9. The molecule has 22 heavy (non-hydrogen) atoms. The van der Waals surface area contributed by atoms with Gasteiger partial charge >= 0.3 is 0 Å². The van der Waals surface area contributed by atoms with Gasteiger partial charge in [-0.15, -0.1) is 0 Å². The Morgan fingerprint density at radius 1 is 1.23 bits per heavy atom. The molecule has 0 radical (unpaired) electrons. The van der Waals surface area contributed by atoms with Crippen LogP contribution < -0.4 is 0 Å². The highest BCUT2D eigenvalue weighted by Gasteiger charge is 2.20. The predicted molar refractivity (Wildman–Crippen MR) is 80.6 cm³/mol. The Kier molecular flexibility index (Phi) is 3.66. The van der Waals surface area contributed by atoms with Crippen LogP contribution in [-0.4, -0.2) is 14.7 Å². The van der Waals surface area contributed by atoms with Crippen molar-refractivity contribution >= 4 is 5.52 Å². The zero-order valence-electron chi connectivity index (χ0n) is 12.3. The van der Waals surface area contributed by atoms with Crippen LogP contribution in [0.4, 0.5) is 8.78 Å². The van der Waals surface area contributed by atoms with E-state index in [9.17, 15) is 13.9 Å². The molecule has 0 aliphatic rings. The fraction of sp³-hybridized carbons (Fsp3) is 0.235. The first-order valence-electron chi connectivity index (χ1n) is 7.09. The summed E-state index contributed by atoms with van der Waals surface area (Å²) in [4.78, 5) is 0. The SMILES string of the molecule is CC(C)c1c(CO)c(-c2ccc(F)cc2F)nn2cccc12. The molecule has 0 saturated carbocycles. The predicted octanol–water partition coefficient (Wildman–Crippen LogP) is 3.90. The van der Waals surface area contributed by atoms with Crippen LogP contribution in [0.5, 0.6) is 0 Å². The topological polar surface area (TPSA) is 37.5 Å². The van der Waals surface area contributed by atoms with E-state index in [1.54, 1.807) is 10.7 Å². The van der Waals surface area contributed by atoms with Crippen molar-refractivity contribution in [2.24, 2.45) is 0 Å². The average molecular weight is 302 g/mol. The number of hydrogen-bond acceptors (Lipinski definition) is 2. The molecule has 0 fully saturated rings. The lowest BCUT2D eigenvalue weighted by Gasteiger charge is -2.17. The summed E-state index contributed by atoms with van der Waals surface area (Å²) in [6, 6.07) is 7.13. The third-order valence-electron chi connectivity index (χ3n) is 3.74. The van der Waals surface area contributed by atoms with Crippen molar-refractivity contribution < 1.29 is 13.9 Å². The van der Waals surface area contributed by atoms with E-state index in [0.717, 1.165) is 17.1 Å². The van der Waals surface area contributed by atoms with Gasteiger partial charge in [-0.2, -0.15) is 5.10 Å². The van der Waals surface area contributed by atoms with E-state index in [2.05, 4.69) is 5.10 Å². The van der Waals surface area contributed by atoms with Gasteiger partial charge in [-0.05, 0) is 35.7 Å². The summed E-state index contributed by atoms with van der Waals surface area (Å²) in [6.07, 6.45) is 1.77. The maximum absolute atomic E-state index is 14.1. The lowest BCUT2D eigenvalue weighted by atomic mass is 9.94. The van der Waals surface area contributed by atoms with Crippen LogP contribution in [0.15, 0.2) is 36.5 Å². The van der Waals surface area contributed by atoms with Gasteiger partial charge in [0.05, 0.1) is 17.8 Å². The number of aliphatic hydroxyl groups excluding tert-OH is 1. The molecule has 1 N–H and O–H groups in total. The van der Waals surface area contributed by atoms with Gasteiger partial charge in [0.25, 0.3) is 0 Å². The summed E-state index contributed by atoms with van der Waals surface area (Å²) < 4.78 is 28.9. The number of nitrogens with zero attached hydrogens (tertiary/aromatic N) is 2. The van der Waals surface area contributed by atoms with E-state index >= 15 is 0 Å². The van der Waals surface area contributed by atoms with Crippen molar-refractivity contribution in [1.29, 1.82) is 0 Å². The quantitative estimate of drug-likeness (QED) is 0.797. The first-order chi connectivity index (χ1) is 10.5. The van der Waals surface area contributed by atoms with Gasteiger partial charge in [-0.1, -0.05) is 13.8 Å². The van der Waals surface area contributed by atoms with Crippen molar-refractivity contribution in [3.8, 4) is 11.3 Å². The molecule has 1 aromatic carbocycles. The van der Waals surface area contributed by atoms with Gasteiger partial charge in [0.15, 0.2) is 0 Å². The van der Waals surface area contributed by atoms with Gasteiger partial charge in [-0.3, -0.25) is 0 Å². The highest BCUT2D eigenvalue weighted by atomic mass is 19.1. The Balaban J connectivity index is 2.38. The van der Waals surface area contributed by atoms with Crippen LogP contribution in [0.1, 0.15) is 30.9 Å². The number of aromatic nitrogens is 2. The van der Waals surface area contributed by atoms with Gasteiger partial charge in [-0.25, -0.2) is 13.3 Å². The van der Waals surface area contributed by atoms with E-state index in [-0.39, 0.29) is 18.1 Å². The monoisotopic (exact) mass is 302 g/mol. The maximum atomic E-state index is 14.1. The number of fused-ring (bicyclic) bond motifs is 1. The van der Waals surface area contributed by atoms with Crippen LogP contribution >= 0.6 is 0 Å². The maximum Gasteiger partial charge on any atom is 0.135 e. The fourth-order valence-corrected chi connectivity index (χ4v) is 2.83. The second kappa shape index (κ2) is 5.50. The van der Waals surface area contributed by atoms with Gasteiger partial charge in [0.2, 0.25) is 0 Å². The second-order valence-corrected chi connectivity index (χ2v) is 5.52. The lowest BCUT2D eigenvalue weighted by molar-refractivity contribution is 0.280. The summed E-state index contributed by atoms with van der Waals surface area (Å²) in [5.74, 6) is -1.20. The minimum Gasteiger partial charge on any atom is -0.392 e. The fourth-order valence-electron chi connectivity index (χ4n) is 2.83. The Morgan fingerprint density at radius 3 is 2.64 bits per heavy atom. The first kappa shape index (κ1) is 14.7. The van der Waals surface area contributed by atoms with Crippen molar-refractivity contribution in [3.05, 3.63) is 59.3 Å². The second-order valence-electron chi connectivity index (χ2n) is 5.52. The molecule has 3 aromatic rings. The van der Waals surface area contributed by atoms with E-state index in [0.29, 0.717) is 11.3 Å². The molecule has 0 atom stereocenters. The van der Waals surface area contributed by atoms with Crippen molar-refractivity contribution in [3.63, 3.8) is 0 Å². The number of rotatable bonds is 3. The van der Waals surface area contributed by atoms with Crippen LogP contribution in [0, 0.1) is 11.6 Å². The van der Waals surface area contributed by atoms with Crippen LogP contribution in [-0.2, 0) is 6.61 Å². The molecule has 3 nitrogen and oxygen atoms in total. The standard InChI is InChI=1S/C17H16F2N2O/c1-10(2)16-13(9-22)17(20-21-7-3-4-15(16)21)12-6-5-11(18)8-14(12)19/h3-8,10,22H,9H2,1-2H3. The lowest BCUT2D eigenvalue weighted by Crippen LogP contribution is -2.08. The number of benzene rings is 1. The number of aliphatic hydroxyl groups is 1. The summed E-state index contributed by atoms with van der Waals surface area (Å²) in [6.45, 7) is 3.76. The molecule has 0 amide bonds. The third-order valence-corrected chi connectivity index (χ3v) is 3.74. The Morgan fingerprint density at radius 2 is 2.00 bits per heavy atom. The van der Waals surface area contributed by atoms with E-state index in [1.807, 2.05) is 26.0 Å². The van der Waals surface area contributed by atoms with Crippen LogP contribution in [0.2, 0.25) is 0 Å². The first-order valence-corrected chi connectivity index (χ1v) is 7.09. The number of hydrogen-bond donors (Lipinski definition) is 1. The molecular formula is C17H16F2N2O. The van der Waals surface area contributed by atoms with Crippen molar-refractivity contribution in [2.75, 3.05) is 0 Å². The van der Waals surface area contributed by atoms with Crippen molar-refractivity contribution in [1.82, 2.24) is 9.61 Å². The Bertz CT molecular complexity index is 840. The average Bonchev–Trinajstić information content (AvgIpc) is 2.92. The molecule has 0 aliphatic heterocycles. The van der Waals surface area contributed by atoms with E-state index in [1.165, 1.54) is 12.1 Å². The van der Waals surface area contributed by atoms with Crippen LogP contribution in [0.25, 0.3) is 16.8 Å². The molecule has 2 aromatic heterocycles. The molecule has 0 spiro atoms. The molecule has 0 saturated heterocycles. The Labute approximate surface area is 126 Å².